The molecule has 2 N–H and O–H groups in total. The van der Waals surface area contributed by atoms with E-state index in [4.69, 9.17) is 5.11 Å². The summed E-state index contributed by atoms with van der Waals surface area (Å²) in [5.74, 6) is -0.619. The number of aliphatic hydroxyl groups excluding tert-OH is 1. The molecule has 13 heavy (non-hydrogen) atoms. The van der Waals surface area contributed by atoms with Crippen LogP contribution in [0.5, 0.6) is 0 Å². The highest BCUT2D eigenvalue weighted by molar-refractivity contribution is 5.85. The zero-order valence-electron chi connectivity index (χ0n) is 6.97. The molecule has 0 aliphatic carbocycles. The average Bonchev–Trinajstić information content (AvgIpc) is 2.03. The van der Waals surface area contributed by atoms with E-state index in [0.29, 0.717) is 25.9 Å². The minimum Gasteiger partial charge on any atom is -0.383 e. The van der Waals surface area contributed by atoms with Crippen molar-refractivity contribution in [2.24, 2.45) is 5.92 Å². The summed E-state index contributed by atoms with van der Waals surface area (Å²) < 4.78 is 35.9. The van der Waals surface area contributed by atoms with Crippen LogP contribution in [-0.2, 0) is 0 Å². The van der Waals surface area contributed by atoms with Gasteiger partial charge < -0.3 is 10.4 Å². The van der Waals surface area contributed by atoms with Crippen molar-refractivity contribution in [1.29, 1.82) is 0 Å². The Labute approximate surface area is 80.9 Å². The lowest BCUT2D eigenvalue weighted by Crippen LogP contribution is -2.41. The van der Waals surface area contributed by atoms with Gasteiger partial charge in [-0.1, -0.05) is 0 Å². The van der Waals surface area contributed by atoms with Gasteiger partial charge in [-0.25, -0.2) is 0 Å². The number of hydrogen-bond acceptors (Lipinski definition) is 2. The van der Waals surface area contributed by atoms with Gasteiger partial charge in [-0.2, -0.15) is 13.2 Å². The third-order valence-corrected chi connectivity index (χ3v) is 2.17. The van der Waals surface area contributed by atoms with E-state index in [0.717, 1.165) is 0 Å². The average molecular weight is 220 g/mol. The molecule has 0 radical (unpaired) electrons. The number of halogens is 4. The number of rotatable bonds is 1. The quantitative estimate of drug-likeness (QED) is 0.698. The van der Waals surface area contributed by atoms with Crippen molar-refractivity contribution in [2.75, 3.05) is 13.1 Å². The highest BCUT2D eigenvalue weighted by Crippen LogP contribution is 2.29. The van der Waals surface area contributed by atoms with Crippen molar-refractivity contribution >= 4 is 12.4 Å². The minimum atomic E-state index is -4.46. The van der Waals surface area contributed by atoms with Crippen molar-refractivity contribution in [3.63, 3.8) is 0 Å². The molecule has 1 saturated heterocycles. The van der Waals surface area contributed by atoms with Gasteiger partial charge >= 0.3 is 6.18 Å². The van der Waals surface area contributed by atoms with Gasteiger partial charge in [-0.15, -0.1) is 12.4 Å². The first kappa shape index (κ1) is 13.0. The van der Waals surface area contributed by atoms with E-state index < -0.39 is 18.2 Å². The maximum atomic E-state index is 12.0. The molecule has 0 spiro atoms. The second-order valence-corrected chi connectivity index (χ2v) is 3.07. The van der Waals surface area contributed by atoms with Gasteiger partial charge in [0.1, 0.15) is 0 Å². The van der Waals surface area contributed by atoms with Gasteiger partial charge in [-0.3, -0.25) is 0 Å². The van der Waals surface area contributed by atoms with E-state index >= 15 is 0 Å². The topological polar surface area (TPSA) is 32.3 Å². The fraction of sp³-hybridized carbons (Fsp3) is 1.00. The predicted molar refractivity (Wildman–Crippen MR) is 44.9 cm³/mol. The lowest BCUT2D eigenvalue weighted by Gasteiger charge is -2.28. The number of hydrogen-bond donors (Lipinski definition) is 2. The second kappa shape index (κ2) is 5.02. The zero-order chi connectivity index (χ0) is 9.19. The van der Waals surface area contributed by atoms with Gasteiger partial charge in [0, 0.05) is 0 Å². The third kappa shape index (κ3) is 3.70. The van der Waals surface area contributed by atoms with E-state index in [2.05, 4.69) is 5.32 Å². The monoisotopic (exact) mass is 219 g/mol. The summed E-state index contributed by atoms with van der Waals surface area (Å²) in [6, 6.07) is 0. The first-order valence-corrected chi connectivity index (χ1v) is 3.97. The zero-order valence-corrected chi connectivity index (χ0v) is 7.79. The van der Waals surface area contributed by atoms with Gasteiger partial charge in [0.15, 0.2) is 6.10 Å². The first-order valence-electron chi connectivity index (χ1n) is 3.97. The van der Waals surface area contributed by atoms with Gasteiger partial charge in [0.05, 0.1) is 0 Å². The molecule has 1 aliphatic rings. The van der Waals surface area contributed by atoms with Crippen LogP contribution in [0.25, 0.3) is 0 Å². The van der Waals surface area contributed by atoms with E-state index in [1.807, 2.05) is 0 Å². The molecule has 1 aliphatic heterocycles. The van der Waals surface area contributed by atoms with Crippen LogP contribution in [0.4, 0.5) is 13.2 Å². The summed E-state index contributed by atoms with van der Waals surface area (Å²) in [4.78, 5) is 0. The van der Waals surface area contributed by atoms with Crippen LogP contribution in [0.15, 0.2) is 0 Å². The minimum absolute atomic E-state index is 0. The summed E-state index contributed by atoms with van der Waals surface area (Å²) in [6.45, 7) is 1.13. The maximum Gasteiger partial charge on any atom is 0.414 e. The lowest BCUT2D eigenvalue weighted by atomic mass is 9.92. The summed E-state index contributed by atoms with van der Waals surface area (Å²) in [5, 5.41) is 11.8. The van der Waals surface area contributed by atoms with Crippen LogP contribution >= 0.6 is 12.4 Å². The van der Waals surface area contributed by atoms with Gasteiger partial charge in [0.25, 0.3) is 0 Å². The molecule has 0 aromatic carbocycles. The highest BCUT2D eigenvalue weighted by Gasteiger charge is 2.43. The summed E-state index contributed by atoms with van der Waals surface area (Å²) in [6.07, 6.45) is -5.79. The first-order chi connectivity index (χ1) is 5.52. The Kier molecular flexibility index (Phi) is 5.02. The molecule has 1 rings (SSSR count). The van der Waals surface area contributed by atoms with Crippen molar-refractivity contribution in [3.8, 4) is 0 Å². The van der Waals surface area contributed by atoms with Gasteiger partial charge in [-0.05, 0) is 31.8 Å². The standard InChI is InChI=1S/C7H12F3NO.ClH/c8-7(9,10)6(12)5-1-3-11-4-2-5;/h5-6,11-12H,1-4H2;1H/t6-;/m0./s1. The third-order valence-electron chi connectivity index (χ3n) is 2.17. The number of piperidine rings is 1. The van der Waals surface area contributed by atoms with Crippen molar-refractivity contribution in [3.05, 3.63) is 0 Å². The molecule has 1 fully saturated rings. The highest BCUT2D eigenvalue weighted by atomic mass is 35.5. The smallest absolute Gasteiger partial charge is 0.383 e. The van der Waals surface area contributed by atoms with E-state index in [1.54, 1.807) is 0 Å². The Bertz CT molecular complexity index is 147. The Balaban J connectivity index is 0.00000144. The Morgan fingerprint density at radius 3 is 2.08 bits per heavy atom. The van der Waals surface area contributed by atoms with Crippen molar-refractivity contribution < 1.29 is 18.3 Å². The maximum absolute atomic E-state index is 12.0. The number of alkyl halides is 3. The van der Waals surface area contributed by atoms with Crippen LogP contribution in [0.1, 0.15) is 12.8 Å². The molecule has 0 amide bonds. The van der Waals surface area contributed by atoms with Crippen LogP contribution in [0.2, 0.25) is 0 Å². The number of aliphatic hydroxyl groups is 1. The fourth-order valence-corrected chi connectivity index (χ4v) is 1.43. The summed E-state index contributed by atoms with van der Waals surface area (Å²) >= 11 is 0. The molecular weight excluding hydrogens is 207 g/mol. The van der Waals surface area contributed by atoms with E-state index in [9.17, 15) is 13.2 Å². The van der Waals surface area contributed by atoms with Crippen LogP contribution in [0.3, 0.4) is 0 Å². The SMILES string of the molecule is Cl.O[C@@H](C1CCNCC1)C(F)(F)F. The van der Waals surface area contributed by atoms with Crippen LogP contribution in [-0.4, -0.2) is 30.5 Å². The normalized spacial score (nSPS) is 22.2. The van der Waals surface area contributed by atoms with Crippen molar-refractivity contribution in [2.45, 2.75) is 25.1 Å². The molecule has 2 nitrogen and oxygen atoms in total. The van der Waals surface area contributed by atoms with Crippen molar-refractivity contribution in [1.82, 2.24) is 5.32 Å². The Morgan fingerprint density at radius 1 is 1.23 bits per heavy atom. The molecule has 6 heteroatoms. The van der Waals surface area contributed by atoms with Gasteiger partial charge in [0.2, 0.25) is 0 Å². The Hall–Kier alpha value is -0.0000000000000000555. The molecule has 0 aromatic heterocycles. The molecule has 0 aromatic rings. The van der Waals surface area contributed by atoms with Crippen LogP contribution < -0.4 is 5.32 Å². The lowest BCUT2D eigenvalue weighted by molar-refractivity contribution is -0.221. The molecule has 80 valence electrons. The number of nitrogens with one attached hydrogen (secondary N) is 1. The summed E-state index contributed by atoms with van der Waals surface area (Å²) in [5.41, 5.74) is 0. The van der Waals surface area contributed by atoms with E-state index in [-0.39, 0.29) is 12.4 Å². The Morgan fingerprint density at radius 2 is 1.69 bits per heavy atom. The van der Waals surface area contributed by atoms with Crippen LogP contribution in [0, 0.1) is 5.92 Å². The molecule has 1 atom stereocenters. The molecule has 1 heterocycles. The molecule has 0 unspecified atom stereocenters. The van der Waals surface area contributed by atoms with E-state index in [1.165, 1.54) is 0 Å². The second-order valence-electron chi connectivity index (χ2n) is 3.07. The molecular formula is C7H13ClF3NO. The largest absolute Gasteiger partial charge is 0.414 e. The predicted octanol–water partition coefficient (Wildman–Crippen LogP) is 1.33. The fourth-order valence-electron chi connectivity index (χ4n) is 1.43. The molecule has 0 bridgehead atoms. The summed E-state index contributed by atoms with van der Waals surface area (Å²) in [7, 11) is 0. The molecule has 0 saturated carbocycles.